The third-order valence-electron chi connectivity index (χ3n) is 3.50. The highest BCUT2D eigenvalue weighted by Crippen LogP contribution is 2.38. The topological polar surface area (TPSA) is 43.4 Å². The third kappa shape index (κ3) is 3.36. The molecular formula is C16H20N2O2S. The van der Waals surface area contributed by atoms with Gasteiger partial charge in [0.1, 0.15) is 13.2 Å². The number of nitrogens with one attached hydrogen (secondary N) is 1. The number of fused-ring (bicyclic) bond motifs is 1. The molecule has 1 N–H and O–H groups in total. The van der Waals surface area contributed by atoms with E-state index < -0.39 is 0 Å². The van der Waals surface area contributed by atoms with Crippen LogP contribution in [-0.4, -0.2) is 24.7 Å². The fraction of sp³-hybridized carbons (Fsp3) is 0.438. The third-order valence-corrected chi connectivity index (χ3v) is 4.30. The summed E-state index contributed by atoms with van der Waals surface area (Å²) in [5.74, 6) is 1.74. The van der Waals surface area contributed by atoms with Gasteiger partial charge in [-0.15, -0.1) is 11.3 Å². The number of ether oxygens (including phenoxy) is 2. The largest absolute Gasteiger partial charge is 0.486 e. The molecule has 1 aromatic heterocycles. The molecule has 0 saturated carbocycles. The molecule has 4 nitrogen and oxygen atoms in total. The van der Waals surface area contributed by atoms with E-state index in [2.05, 4.69) is 23.3 Å². The van der Waals surface area contributed by atoms with Crippen LogP contribution in [0, 0.1) is 0 Å². The van der Waals surface area contributed by atoms with Gasteiger partial charge in [-0.1, -0.05) is 19.1 Å². The van der Waals surface area contributed by atoms with Crippen molar-refractivity contribution in [1.82, 2.24) is 10.3 Å². The molecule has 0 amide bonds. The molecule has 1 unspecified atom stereocenters. The Kier molecular flexibility index (Phi) is 4.72. The van der Waals surface area contributed by atoms with E-state index in [1.807, 2.05) is 23.8 Å². The second-order valence-electron chi connectivity index (χ2n) is 5.05. The minimum Gasteiger partial charge on any atom is -0.486 e. The summed E-state index contributed by atoms with van der Waals surface area (Å²) >= 11 is 1.69. The van der Waals surface area contributed by atoms with Crippen molar-refractivity contribution in [1.29, 1.82) is 0 Å². The van der Waals surface area contributed by atoms with Crippen LogP contribution in [0.1, 0.15) is 29.8 Å². The van der Waals surface area contributed by atoms with E-state index in [1.165, 1.54) is 10.4 Å². The van der Waals surface area contributed by atoms with Crippen LogP contribution in [0.2, 0.25) is 0 Å². The molecule has 3 rings (SSSR count). The number of rotatable bonds is 6. The maximum Gasteiger partial charge on any atom is 0.166 e. The summed E-state index contributed by atoms with van der Waals surface area (Å²) in [4.78, 5) is 5.45. The summed E-state index contributed by atoms with van der Waals surface area (Å²) in [6.07, 6.45) is 3.97. The molecule has 1 aliphatic rings. The minimum atomic E-state index is 0.224. The lowest BCUT2D eigenvalue weighted by Gasteiger charge is -2.25. The van der Waals surface area contributed by atoms with E-state index >= 15 is 0 Å². The van der Waals surface area contributed by atoms with Gasteiger partial charge < -0.3 is 14.8 Å². The quantitative estimate of drug-likeness (QED) is 0.890. The van der Waals surface area contributed by atoms with Gasteiger partial charge in [0.15, 0.2) is 11.5 Å². The summed E-state index contributed by atoms with van der Waals surface area (Å²) in [7, 11) is 0. The van der Waals surface area contributed by atoms with Crippen molar-refractivity contribution >= 4 is 11.3 Å². The van der Waals surface area contributed by atoms with Gasteiger partial charge in [-0.3, -0.25) is 4.98 Å². The van der Waals surface area contributed by atoms with Gasteiger partial charge in [0.05, 0.1) is 5.51 Å². The molecule has 1 aliphatic heterocycles. The molecule has 21 heavy (non-hydrogen) atoms. The van der Waals surface area contributed by atoms with Crippen molar-refractivity contribution in [2.45, 2.75) is 25.8 Å². The van der Waals surface area contributed by atoms with E-state index in [4.69, 9.17) is 9.47 Å². The van der Waals surface area contributed by atoms with E-state index in [1.54, 1.807) is 11.3 Å². The average molecular weight is 304 g/mol. The first-order chi connectivity index (χ1) is 10.4. The molecule has 112 valence electrons. The van der Waals surface area contributed by atoms with Crippen molar-refractivity contribution < 1.29 is 9.47 Å². The predicted molar refractivity (Wildman–Crippen MR) is 84.3 cm³/mol. The molecule has 1 aromatic carbocycles. The Bertz CT molecular complexity index is 572. The standard InChI is InChI=1S/C16H20N2O2S/c1-2-6-18-14(9-12-10-17-11-21-12)13-4-3-5-15-16(13)20-8-7-19-15/h3-5,10-11,14,18H,2,6-9H2,1H3. The SMILES string of the molecule is CCCNC(Cc1cncs1)c1cccc2c1OCCO2. The summed E-state index contributed by atoms with van der Waals surface area (Å²) in [6, 6.07) is 6.36. The Morgan fingerprint density at radius 2 is 2.24 bits per heavy atom. The number of benzene rings is 1. The lowest BCUT2D eigenvalue weighted by atomic mass is 10.0. The van der Waals surface area contributed by atoms with Gasteiger partial charge in [-0.25, -0.2) is 0 Å². The van der Waals surface area contributed by atoms with E-state index in [-0.39, 0.29) is 6.04 Å². The minimum absolute atomic E-state index is 0.224. The molecular weight excluding hydrogens is 284 g/mol. The molecule has 0 bridgehead atoms. The lowest BCUT2D eigenvalue weighted by molar-refractivity contribution is 0.168. The fourth-order valence-corrected chi connectivity index (χ4v) is 3.17. The number of nitrogens with zero attached hydrogens (tertiary/aromatic N) is 1. The monoisotopic (exact) mass is 304 g/mol. The predicted octanol–water partition coefficient (Wildman–Crippen LogP) is 3.20. The Morgan fingerprint density at radius 1 is 1.33 bits per heavy atom. The van der Waals surface area contributed by atoms with Gasteiger partial charge in [-0.05, 0) is 19.0 Å². The Morgan fingerprint density at radius 3 is 3.05 bits per heavy atom. The first-order valence-electron chi connectivity index (χ1n) is 7.37. The van der Waals surface area contributed by atoms with Gasteiger partial charge >= 0.3 is 0 Å². The Balaban J connectivity index is 1.88. The van der Waals surface area contributed by atoms with Crippen molar-refractivity contribution in [3.63, 3.8) is 0 Å². The Labute approximate surface area is 129 Å². The van der Waals surface area contributed by atoms with Gasteiger partial charge in [0.2, 0.25) is 0 Å². The van der Waals surface area contributed by atoms with Crippen LogP contribution in [0.5, 0.6) is 11.5 Å². The van der Waals surface area contributed by atoms with Crippen molar-refractivity contribution in [3.05, 3.63) is 40.3 Å². The highest BCUT2D eigenvalue weighted by molar-refractivity contribution is 7.09. The van der Waals surface area contributed by atoms with Gasteiger partial charge in [0.25, 0.3) is 0 Å². The molecule has 0 spiro atoms. The highest BCUT2D eigenvalue weighted by Gasteiger charge is 2.22. The number of hydrogen-bond donors (Lipinski definition) is 1. The zero-order valence-electron chi connectivity index (χ0n) is 12.2. The van der Waals surface area contributed by atoms with Crippen LogP contribution in [0.15, 0.2) is 29.9 Å². The van der Waals surface area contributed by atoms with Crippen molar-refractivity contribution in [2.24, 2.45) is 0 Å². The molecule has 1 atom stereocenters. The van der Waals surface area contributed by atoms with Gasteiger partial charge in [-0.2, -0.15) is 0 Å². The summed E-state index contributed by atoms with van der Waals surface area (Å²) in [6.45, 7) is 4.40. The molecule has 0 aliphatic carbocycles. The smallest absolute Gasteiger partial charge is 0.166 e. The summed E-state index contributed by atoms with van der Waals surface area (Å²) < 4.78 is 11.5. The zero-order valence-corrected chi connectivity index (χ0v) is 13.0. The first-order valence-corrected chi connectivity index (χ1v) is 8.25. The van der Waals surface area contributed by atoms with E-state index in [0.717, 1.165) is 30.9 Å². The molecule has 2 heterocycles. The number of hydrogen-bond acceptors (Lipinski definition) is 5. The number of para-hydroxylation sites is 1. The van der Waals surface area contributed by atoms with Gasteiger partial charge in [0, 0.05) is 29.1 Å². The maximum atomic E-state index is 5.86. The second-order valence-corrected chi connectivity index (χ2v) is 6.02. The molecule has 0 fully saturated rings. The molecule has 0 saturated heterocycles. The normalized spacial score (nSPS) is 14.9. The van der Waals surface area contributed by atoms with E-state index in [9.17, 15) is 0 Å². The van der Waals surface area contributed by atoms with Crippen LogP contribution in [0.25, 0.3) is 0 Å². The molecule has 0 radical (unpaired) electrons. The lowest BCUT2D eigenvalue weighted by Crippen LogP contribution is -2.26. The van der Waals surface area contributed by atoms with Crippen molar-refractivity contribution in [3.8, 4) is 11.5 Å². The van der Waals surface area contributed by atoms with Crippen LogP contribution >= 0.6 is 11.3 Å². The molecule has 2 aromatic rings. The summed E-state index contributed by atoms with van der Waals surface area (Å²) in [5.41, 5.74) is 3.06. The molecule has 5 heteroatoms. The Hall–Kier alpha value is -1.59. The van der Waals surface area contributed by atoms with Crippen LogP contribution in [-0.2, 0) is 6.42 Å². The van der Waals surface area contributed by atoms with Crippen LogP contribution < -0.4 is 14.8 Å². The number of aromatic nitrogens is 1. The maximum absolute atomic E-state index is 5.86. The fourth-order valence-electron chi connectivity index (χ4n) is 2.53. The first kappa shape index (κ1) is 14.4. The number of thiazole rings is 1. The average Bonchev–Trinajstić information content (AvgIpc) is 3.04. The second kappa shape index (κ2) is 6.91. The highest BCUT2D eigenvalue weighted by atomic mass is 32.1. The van der Waals surface area contributed by atoms with Crippen LogP contribution in [0.4, 0.5) is 0 Å². The van der Waals surface area contributed by atoms with E-state index in [0.29, 0.717) is 13.2 Å². The summed E-state index contributed by atoms with van der Waals surface area (Å²) in [5, 5.41) is 3.62. The zero-order chi connectivity index (χ0) is 14.5. The van der Waals surface area contributed by atoms with Crippen LogP contribution in [0.3, 0.4) is 0 Å². The van der Waals surface area contributed by atoms with Crippen molar-refractivity contribution in [2.75, 3.05) is 19.8 Å².